The number of hydrogen-bond donors (Lipinski definition) is 0. The quantitative estimate of drug-likeness (QED) is 0.677. The Kier molecular flexibility index (Phi) is 2.20. The largest absolute Gasteiger partial charge is 0.495 e. The Morgan fingerprint density at radius 3 is 2.60 bits per heavy atom. The molecule has 0 spiro atoms. The molecule has 1 fully saturated rings. The minimum absolute atomic E-state index is 0.0907. The number of alkyl halides is 2. The summed E-state index contributed by atoms with van der Waals surface area (Å²) in [6.07, 6.45) is 0.319. The third-order valence-corrected chi connectivity index (χ3v) is 2.98. The number of hydrogen-bond acceptors (Lipinski definition) is 3. The summed E-state index contributed by atoms with van der Waals surface area (Å²) in [5.74, 6) is -3.75. The first-order valence-electron chi connectivity index (χ1n) is 4.74. The van der Waals surface area contributed by atoms with Gasteiger partial charge in [0.2, 0.25) is 0 Å². The van der Waals surface area contributed by atoms with E-state index in [0.717, 1.165) is 0 Å². The van der Waals surface area contributed by atoms with Crippen molar-refractivity contribution in [3.05, 3.63) is 11.3 Å². The van der Waals surface area contributed by atoms with E-state index in [0.29, 0.717) is 12.0 Å². The summed E-state index contributed by atoms with van der Waals surface area (Å²) in [6, 6.07) is 0. The van der Waals surface area contributed by atoms with Crippen molar-refractivity contribution in [2.45, 2.75) is 18.8 Å². The van der Waals surface area contributed by atoms with Crippen molar-refractivity contribution in [1.29, 1.82) is 0 Å². The van der Waals surface area contributed by atoms with Crippen molar-refractivity contribution < 1.29 is 23.0 Å². The van der Waals surface area contributed by atoms with Gasteiger partial charge < -0.3 is 9.47 Å². The fourth-order valence-electron chi connectivity index (χ4n) is 2.10. The highest BCUT2D eigenvalue weighted by atomic mass is 19.3. The first-order chi connectivity index (χ1) is 7.01. The van der Waals surface area contributed by atoms with E-state index in [-0.39, 0.29) is 30.0 Å². The zero-order valence-corrected chi connectivity index (χ0v) is 8.55. The summed E-state index contributed by atoms with van der Waals surface area (Å²) < 4.78 is 35.1. The Labute approximate surface area is 86.0 Å². The molecule has 84 valence electrons. The molecule has 2 aliphatic carbocycles. The maximum absolute atomic E-state index is 13.0. The molecule has 0 aromatic carbocycles. The third kappa shape index (κ3) is 1.50. The lowest BCUT2D eigenvalue weighted by Crippen LogP contribution is -2.34. The highest BCUT2D eigenvalue weighted by Crippen LogP contribution is 2.56. The van der Waals surface area contributed by atoms with Crippen LogP contribution in [0.15, 0.2) is 11.3 Å². The zero-order valence-electron chi connectivity index (χ0n) is 8.55. The molecule has 2 atom stereocenters. The van der Waals surface area contributed by atoms with Gasteiger partial charge in [0.15, 0.2) is 5.76 Å². The van der Waals surface area contributed by atoms with Crippen LogP contribution in [-0.4, -0.2) is 26.1 Å². The average Bonchev–Trinajstić information content (AvgIpc) is 2.93. The molecule has 0 aliphatic heterocycles. The molecule has 0 amide bonds. The van der Waals surface area contributed by atoms with Crippen molar-refractivity contribution in [3.63, 3.8) is 0 Å². The van der Waals surface area contributed by atoms with Crippen molar-refractivity contribution in [2.75, 3.05) is 14.2 Å². The normalized spacial score (nSPS) is 32.0. The Balaban J connectivity index is 2.07. The van der Waals surface area contributed by atoms with Crippen molar-refractivity contribution >= 4 is 5.97 Å². The second kappa shape index (κ2) is 3.18. The van der Waals surface area contributed by atoms with E-state index in [1.165, 1.54) is 14.2 Å². The van der Waals surface area contributed by atoms with E-state index >= 15 is 0 Å². The van der Waals surface area contributed by atoms with Gasteiger partial charge in [-0.1, -0.05) is 0 Å². The van der Waals surface area contributed by atoms with Gasteiger partial charge in [-0.2, -0.15) is 8.78 Å². The monoisotopic (exact) mass is 218 g/mol. The number of allylic oxidation sites excluding steroid dienone is 2. The summed E-state index contributed by atoms with van der Waals surface area (Å²) in [7, 11) is 2.54. The molecule has 0 heterocycles. The van der Waals surface area contributed by atoms with Crippen molar-refractivity contribution in [1.82, 2.24) is 0 Å². The molecule has 1 saturated carbocycles. The van der Waals surface area contributed by atoms with Crippen molar-refractivity contribution in [3.8, 4) is 0 Å². The Morgan fingerprint density at radius 1 is 1.47 bits per heavy atom. The van der Waals surface area contributed by atoms with Crippen LogP contribution in [0.25, 0.3) is 0 Å². The van der Waals surface area contributed by atoms with Crippen LogP contribution in [0.4, 0.5) is 8.78 Å². The standard InChI is InChI=1S/C10H12F2O3/c1-14-8-7(4-10(8,11)12)5-3-6(5)9(13)15-2/h5-6H,3-4H2,1-2H3. The van der Waals surface area contributed by atoms with Crippen LogP contribution in [0.5, 0.6) is 0 Å². The van der Waals surface area contributed by atoms with E-state index in [2.05, 4.69) is 9.47 Å². The molecule has 5 heteroatoms. The smallest absolute Gasteiger partial charge is 0.309 e. The Bertz CT molecular complexity index is 336. The summed E-state index contributed by atoms with van der Waals surface area (Å²) >= 11 is 0. The van der Waals surface area contributed by atoms with Crippen LogP contribution >= 0.6 is 0 Å². The number of methoxy groups -OCH3 is 2. The second-order valence-electron chi connectivity index (χ2n) is 3.91. The average molecular weight is 218 g/mol. The molecule has 0 N–H and O–H groups in total. The number of ether oxygens (including phenoxy) is 2. The number of halogens is 2. The van der Waals surface area contributed by atoms with E-state index in [1.54, 1.807) is 0 Å². The molecule has 2 aliphatic rings. The summed E-state index contributed by atoms with van der Waals surface area (Å²) in [4.78, 5) is 11.1. The molecule has 0 aromatic rings. The van der Waals surface area contributed by atoms with Gasteiger partial charge in [0.25, 0.3) is 0 Å². The number of carbonyl (C=O) groups is 1. The van der Waals surface area contributed by atoms with Crippen LogP contribution in [-0.2, 0) is 14.3 Å². The van der Waals surface area contributed by atoms with Gasteiger partial charge in [0, 0.05) is 6.42 Å². The van der Waals surface area contributed by atoms with Crippen LogP contribution in [0.2, 0.25) is 0 Å². The molecule has 2 unspecified atom stereocenters. The van der Waals surface area contributed by atoms with Gasteiger partial charge in [0.05, 0.1) is 20.1 Å². The lowest BCUT2D eigenvalue weighted by Gasteiger charge is -2.31. The molecule has 0 saturated heterocycles. The molecule has 0 aromatic heterocycles. The fourth-order valence-corrected chi connectivity index (χ4v) is 2.10. The highest BCUT2D eigenvalue weighted by Gasteiger charge is 2.57. The molecule has 2 rings (SSSR count). The van der Waals surface area contributed by atoms with Gasteiger partial charge >= 0.3 is 11.9 Å². The van der Waals surface area contributed by atoms with Crippen LogP contribution < -0.4 is 0 Å². The number of carbonyl (C=O) groups excluding carboxylic acids is 1. The summed E-state index contributed by atoms with van der Waals surface area (Å²) in [5.41, 5.74) is 0.581. The topological polar surface area (TPSA) is 35.5 Å². The molecular weight excluding hydrogens is 206 g/mol. The predicted octanol–water partition coefficient (Wildman–Crippen LogP) is 1.74. The molecule has 15 heavy (non-hydrogen) atoms. The first kappa shape index (κ1) is 10.4. The van der Waals surface area contributed by atoms with Gasteiger partial charge in [-0.3, -0.25) is 4.79 Å². The minimum atomic E-state index is -2.84. The lowest BCUT2D eigenvalue weighted by molar-refractivity contribution is -0.142. The van der Waals surface area contributed by atoms with Crippen LogP contribution in [0, 0.1) is 11.8 Å². The Hall–Kier alpha value is -1.13. The molecule has 3 nitrogen and oxygen atoms in total. The van der Waals surface area contributed by atoms with Crippen LogP contribution in [0.3, 0.4) is 0 Å². The summed E-state index contributed by atoms with van der Waals surface area (Å²) in [6.45, 7) is 0. The third-order valence-electron chi connectivity index (χ3n) is 2.98. The second-order valence-corrected chi connectivity index (χ2v) is 3.91. The SMILES string of the molecule is COC(=O)C1CC1C1=C(OC)C(F)(F)C1. The summed E-state index contributed by atoms with van der Waals surface area (Å²) in [5, 5.41) is 0. The minimum Gasteiger partial charge on any atom is -0.495 e. The molecule has 0 bridgehead atoms. The van der Waals surface area contributed by atoms with Gasteiger partial charge in [-0.15, -0.1) is 0 Å². The Morgan fingerprint density at radius 2 is 2.13 bits per heavy atom. The molecule has 0 radical (unpaired) electrons. The van der Waals surface area contributed by atoms with Gasteiger partial charge in [-0.05, 0) is 17.9 Å². The van der Waals surface area contributed by atoms with E-state index in [9.17, 15) is 13.6 Å². The van der Waals surface area contributed by atoms with Crippen molar-refractivity contribution in [2.24, 2.45) is 11.8 Å². The first-order valence-corrected chi connectivity index (χ1v) is 4.74. The van der Waals surface area contributed by atoms with E-state index < -0.39 is 5.92 Å². The number of esters is 1. The highest BCUT2D eigenvalue weighted by molar-refractivity contribution is 5.76. The van der Waals surface area contributed by atoms with Gasteiger partial charge in [-0.25, -0.2) is 0 Å². The van der Waals surface area contributed by atoms with E-state index in [4.69, 9.17) is 0 Å². The molecular formula is C10H12F2O3. The maximum atomic E-state index is 13.0. The zero-order chi connectivity index (χ0) is 11.2. The number of rotatable bonds is 3. The van der Waals surface area contributed by atoms with E-state index in [1.807, 2.05) is 0 Å². The predicted molar refractivity (Wildman–Crippen MR) is 47.2 cm³/mol. The van der Waals surface area contributed by atoms with Gasteiger partial charge in [0.1, 0.15) is 0 Å². The fraction of sp³-hybridized carbons (Fsp3) is 0.700. The maximum Gasteiger partial charge on any atom is 0.309 e. The lowest BCUT2D eigenvalue weighted by atomic mass is 9.87. The van der Waals surface area contributed by atoms with Crippen LogP contribution in [0.1, 0.15) is 12.8 Å².